The Kier molecular flexibility index (Phi) is 5.45. The Morgan fingerprint density at radius 2 is 2.10 bits per heavy atom. The second kappa shape index (κ2) is 7.11. The first-order chi connectivity index (χ1) is 10.0. The van der Waals surface area contributed by atoms with Gasteiger partial charge in [0.25, 0.3) is 5.91 Å². The van der Waals surface area contributed by atoms with E-state index in [1.807, 2.05) is 41.8 Å². The van der Waals surface area contributed by atoms with Crippen LogP contribution in [0.2, 0.25) is 0 Å². The Labute approximate surface area is 133 Å². The number of nitrogens with one attached hydrogen (secondary N) is 1. The van der Waals surface area contributed by atoms with E-state index in [1.165, 1.54) is 11.3 Å². The summed E-state index contributed by atoms with van der Waals surface area (Å²) in [5.41, 5.74) is -0.386. The van der Waals surface area contributed by atoms with Gasteiger partial charge in [-0.1, -0.05) is 25.1 Å². The molecule has 2 N–H and O–H groups in total. The number of hydrogen-bond donors (Lipinski definition) is 2. The van der Waals surface area contributed by atoms with Crippen molar-refractivity contribution in [1.82, 2.24) is 5.32 Å². The Morgan fingerprint density at radius 3 is 2.76 bits per heavy atom. The molecule has 3 nitrogen and oxygen atoms in total. The number of thiophene rings is 1. The molecule has 0 radical (unpaired) electrons. The van der Waals surface area contributed by atoms with E-state index in [2.05, 4.69) is 12.2 Å². The van der Waals surface area contributed by atoms with Crippen molar-refractivity contribution in [2.75, 3.05) is 12.3 Å². The van der Waals surface area contributed by atoms with E-state index in [0.29, 0.717) is 5.56 Å². The summed E-state index contributed by atoms with van der Waals surface area (Å²) in [6.45, 7) is 3.96. The number of thioether (sulfide) groups is 1. The largest absolute Gasteiger partial charge is 0.383 e. The minimum Gasteiger partial charge on any atom is -0.383 e. The number of carbonyl (C=O) groups excluding carboxylic acids is 1. The van der Waals surface area contributed by atoms with E-state index in [-0.39, 0.29) is 12.5 Å². The molecule has 112 valence electrons. The summed E-state index contributed by atoms with van der Waals surface area (Å²) >= 11 is 3.12. The second-order valence-electron chi connectivity index (χ2n) is 4.86. The van der Waals surface area contributed by atoms with Crippen molar-refractivity contribution in [2.24, 2.45) is 0 Å². The highest BCUT2D eigenvalue weighted by molar-refractivity contribution is 7.99. The number of carbonyl (C=O) groups is 1. The summed E-state index contributed by atoms with van der Waals surface area (Å²) in [5, 5.41) is 15.2. The third-order valence-electron chi connectivity index (χ3n) is 3.08. The molecule has 21 heavy (non-hydrogen) atoms. The van der Waals surface area contributed by atoms with Crippen LogP contribution in [0.25, 0.3) is 0 Å². The molecule has 0 aliphatic heterocycles. The molecule has 2 rings (SSSR count). The third-order valence-corrected chi connectivity index (χ3v) is 5.16. The van der Waals surface area contributed by atoms with Gasteiger partial charge in [-0.2, -0.15) is 0 Å². The lowest BCUT2D eigenvalue weighted by atomic mass is 10.1. The van der Waals surface area contributed by atoms with E-state index in [1.54, 1.807) is 18.7 Å². The van der Waals surface area contributed by atoms with Gasteiger partial charge in [-0.25, -0.2) is 0 Å². The molecule has 0 spiro atoms. The van der Waals surface area contributed by atoms with Crippen LogP contribution in [-0.4, -0.2) is 23.3 Å². The highest BCUT2D eigenvalue weighted by Crippen LogP contribution is 2.25. The van der Waals surface area contributed by atoms with Crippen molar-refractivity contribution in [2.45, 2.75) is 24.3 Å². The normalized spacial score (nSPS) is 13.7. The molecule has 0 aliphatic carbocycles. The van der Waals surface area contributed by atoms with Crippen LogP contribution in [0.1, 0.15) is 29.1 Å². The van der Waals surface area contributed by atoms with Gasteiger partial charge in [0.2, 0.25) is 0 Å². The average molecular weight is 321 g/mol. The highest BCUT2D eigenvalue weighted by Gasteiger charge is 2.25. The lowest BCUT2D eigenvalue weighted by Gasteiger charge is -2.22. The Hall–Kier alpha value is -1.30. The maximum Gasteiger partial charge on any atom is 0.252 e. The van der Waals surface area contributed by atoms with Crippen molar-refractivity contribution in [3.8, 4) is 0 Å². The fourth-order valence-electron chi connectivity index (χ4n) is 1.96. The molecule has 1 amide bonds. The molecular formula is C16H19NO2S2. The number of benzene rings is 1. The van der Waals surface area contributed by atoms with Crippen molar-refractivity contribution in [1.29, 1.82) is 0 Å². The fourth-order valence-corrected chi connectivity index (χ4v) is 3.54. The van der Waals surface area contributed by atoms with Gasteiger partial charge in [0, 0.05) is 9.77 Å². The molecule has 0 fully saturated rings. The predicted octanol–water partition coefficient (Wildman–Crippen LogP) is 3.50. The van der Waals surface area contributed by atoms with Gasteiger partial charge in [-0.15, -0.1) is 23.1 Å². The zero-order valence-corrected chi connectivity index (χ0v) is 13.8. The average Bonchev–Trinajstić information content (AvgIpc) is 3.01. The summed E-state index contributed by atoms with van der Waals surface area (Å²) in [7, 11) is 0. The monoisotopic (exact) mass is 321 g/mol. The molecule has 0 unspecified atom stereocenters. The molecule has 0 bridgehead atoms. The van der Waals surface area contributed by atoms with Gasteiger partial charge in [0.05, 0.1) is 12.1 Å². The lowest BCUT2D eigenvalue weighted by Crippen LogP contribution is -2.38. The molecular weight excluding hydrogens is 302 g/mol. The molecule has 0 saturated carbocycles. The van der Waals surface area contributed by atoms with Crippen LogP contribution in [0, 0.1) is 0 Å². The van der Waals surface area contributed by atoms with E-state index in [9.17, 15) is 9.90 Å². The van der Waals surface area contributed by atoms with E-state index >= 15 is 0 Å². The topological polar surface area (TPSA) is 49.3 Å². The second-order valence-corrected chi connectivity index (χ2v) is 7.12. The van der Waals surface area contributed by atoms with Gasteiger partial charge in [-0.3, -0.25) is 4.79 Å². The standard InChI is InChI=1S/C16H19NO2S2/c1-3-20-13-8-5-4-7-12(13)15(18)17-11-16(2,19)14-9-6-10-21-14/h4-10,19H,3,11H2,1-2H3,(H,17,18)/t16-/m0/s1. The fraction of sp³-hybridized carbons (Fsp3) is 0.312. The minimum absolute atomic E-state index is 0.150. The molecule has 1 heterocycles. The first-order valence-electron chi connectivity index (χ1n) is 6.81. The van der Waals surface area contributed by atoms with Crippen LogP contribution in [0.3, 0.4) is 0 Å². The zero-order valence-electron chi connectivity index (χ0n) is 12.1. The summed E-state index contributed by atoms with van der Waals surface area (Å²) in [5.74, 6) is 0.764. The van der Waals surface area contributed by atoms with Gasteiger partial charge in [0.1, 0.15) is 5.60 Å². The van der Waals surface area contributed by atoms with Crippen LogP contribution >= 0.6 is 23.1 Å². The Morgan fingerprint density at radius 1 is 1.33 bits per heavy atom. The van der Waals surface area contributed by atoms with Gasteiger partial charge >= 0.3 is 0 Å². The van der Waals surface area contributed by atoms with Crippen molar-refractivity contribution < 1.29 is 9.90 Å². The van der Waals surface area contributed by atoms with Crippen LogP contribution < -0.4 is 5.32 Å². The zero-order chi connectivity index (χ0) is 15.3. The summed E-state index contributed by atoms with van der Waals surface area (Å²) in [6, 6.07) is 11.3. The van der Waals surface area contributed by atoms with Crippen molar-refractivity contribution in [3.63, 3.8) is 0 Å². The molecule has 5 heteroatoms. The number of aliphatic hydroxyl groups is 1. The van der Waals surface area contributed by atoms with Gasteiger partial charge in [-0.05, 0) is 36.3 Å². The molecule has 0 saturated heterocycles. The van der Waals surface area contributed by atoms with Crippen LogP contribution in [-0.2, 0) is 5.60 Å². The first kappa shape index (κ1) is 16.1. The van der Waals surface area contributed by atoms with Crippen molar-refractivity contribution >= 4 is 29.0 Å². The van der Waals surface area contributed by atoms with E-state index < -0.39 is 5.60 Å². The minimum atomic E-state index is -1.04. The molecule has 1 atom stereocenters. The summed E-state index contributed by atoms with van der Waals surface area (Å²) < 4.78 is 0. The van der Waals surface area contributed by atoms with Gasteiger partial charge < -0.3 is 10.4 Å². The first-order valence-corrected chi connectivity index (χ1v) is 8.67. The molecule has 0 aliphatic rings. The summed E-state index contributed by atoms with van der Waals surface area (Å²) in [4.78, 5) is 14.1. The number of rotatable bonds is 6. The summed E-state index contributed by atoms with van der Waals surface area (Å²) in [6.07, 6.45) is 0. The van der Waals surface area contributed by atoms with Crippen molar-refractivity contribution in [3.05, 3.63) is 52.2 Å². The number of hydrogen-bond acceptors (Lipinski definition) is 4. The smallest absolute Gasteiger partial charge is 0.252 e. The van der Waals surface area contributed by atoms with Crippen LogP contribution in [0.4, 0.5) is 0 Å². The maximum absolute atomic E-state index is 12.3. The quantitative estimate of drug-likeness (QED) is 0.801. The molecule has 1 aromatic heterocycles. The maximum atomic E-state index is 12.3. The predicted molar refractivity (Wildman–Crippen MR) is 89.1 cm³/mol. The SMILES string of the molecule is CCSc1ccccc1C(=O)NC[C@](C)(O)c1cccs1. The van der Waals surface area contributed by atoms with E-state index in [4.69, 9.17) is 0 Å². The molecule has 2 aromatic rings. The third kappa shape index (κ3) is 4.09. The van der Waals surface area contributed by atoms with E-state index in [0.717, 1.165) is 15.5 Å². The lowest BCUT2D eigenvalue weighted by molar-refractivity contribution is 0.0556. The van der Waals surface area contributed by atoms with Crippen LogP contribution in [0.15, 0.2) is 46.7 Å². The van der Waals surface area contributed by atoms with Gasteiger partial charge in [0.15, 0.2) is 0 Å². The van der Waals surface area contributed by atoms with Crippen LogP contribution in [0.5, 0.6) is 0 Å². The Balaban J connectivity index is 2.05. The Bertz CT molecular complexity index is 594. The highest BCUT2D eigenvalue weighted by atomic mass is 32.2. The molecule has 1 aromatic carbocycles. The number of amides is 1.